The molecule has 150 valence electrons. The molecule has 0 bridgehead atoms. The number of amides is 1. The predicted octanol–water partition coefficient (Wildman–Crippen LogP) is 3.70. The first-order chi connectivity index (χ1) is 13.9. The highest BCUT2D eigenvalue weighted by Gasteiger charge is 2.24. The molecule has 0 radical (unpaired) electrons. The highest BCUT2D eigenvalue weighted by Crippen LogP contribution is 2.33. The Hall–Kier alpha value is -3.15. The number of anilines is 2. The summed E-state index contributed by atoms with van der Waals surface area (Å²) in [5.41, 5.74) is 7.36. The summed E-state index contributed by atoms with van der Waals surface area (Å²) in [5.74, 6) is 0.134. The minimum atomic E-state index is 0.134. The number of nitrogens with zero attached hydrogens (tertiary/aromatic N) is 4. The number of carbonyl (C=O) groups is 1. The second-order valence-electron chi connectivity index (χ2n) is 7.94. The van der Waals surface area contributed by atoms with Gasteiger partial charge in [0.2, 0.25) is 5.91 Å². The molecule has 1 fully saturated rings. The van der Waals surface area contributed by atoms with Crippen molar-refractivity contribution in [3.05, 3.63) is 48.3 Å². The normalized spacial score (nSPS) is 16.3. The van der Waals surface area contributed by atoms with Gasteiger partial charge in [0.25, 0.3) is 0 Å². The highest BCUT2D eigenvalue weighted by molar-refractivity contribution is 5.95. The molecule has 6 heteroatoms. The van der Waals surface area contributed by atoms with Gasteiger partial charge in [0, 0.05) is 69.5 Å². The van der Waals surface area contributed by atoms with Crippen molar-refractivity contribution in [2.24, 2.45) is 0 Å². The van der Waals surface area contributed by atoms with E-state index in [1.807, 2.05) is 11.0 Å². The van der Waals surface area contributed by atoms with Crippen molar-refractivity contribution in [1.82, 2.24) is 14.9 Å². The Morgan fingerprint density at radius 2 is 1.97 bits per heavy atom. The standard InChI is InChI=1S/C23H27N5O/c1-15-5-6-17(11-22(15)27(3)4)20-12-19(13-21-23(20)25-9-8-24-21)26-18-7-10-28(14-18)16(2)29/h5-6,8-9,11-13,18,26H,7,10,14H2,1-4H3/t18-/m0/s1. The smallest absolute Gasteiger partial charge is 0.219 e. The summed E-state index contributed by atoms with van der Waals surface area (Å²) in [5, 5.41) is 3.60. The lowest BCUT2D eigenvalue weighted by Crippen LogP contribution is -2.29. The van der Waals surface area contributed by atoms with E-state index >= 15 is 0 Å². The number of rotatable bonds is 4. The number of fused-ring (bicyclic) bond motifs is 1. The summed E-state index contributed by atoms with van der Waals surface area (Å²) < 4.78 is 0. The van der Waals surface area contributed by atoms with Crippen LogP contribution in [0, 0.1) is 6.92 Å². The van der Waals surface area contributed by atoms with E-state index in [4.69, 9.17) is 0 Å². The Balaban J connectivity index is 1.74. The quantitative estimate of drug-likeness (QED) is 0.737. The molecule has 0 saturated carbocycles. The average molecular weight is 390 g/mol. The van der Waals surface area contributed by atoms with E-state index < -0.39 is 0 Å². The molecular formula is C23H27N5O. The van der Waals surface area contributed by atoms with Crippen LogP contribution in [0.15, 0.2) is 42.7 Å². The number of aromatic nitrogens is 2. The summed E-state index contributed by atoms with van der Waals surface area (Å²) in [6, 6.07) is 10.9. The summed E-state index contributed by atoms with van der Waals surface area (Å²) in [6.45, 7) is 5.29. The minimum absolute atomic E-state index is 0.134. The third-order valence-electron chi connectivity index (χ3n) is 5.58. The number of aryl methyl sites for hydroxylation is 1. The lowest BCUT2D eigenvalue weighted by atomic mass is 10.00. The van der Waals surface area contributed by atoms with E-state index in [2.05, 4.69) is 65.5 Å². The van der Waals surface area contributed by atoms with Gasteiger partial charge in [-0.25, -0.2) is 0 Å². The topological polar surface area (TPSA) is 61.4 Å². The molecule has 29 heavy (non-hydrogen) atoms. The number of hydrogen-bond acceptors (Lipinski definition) is 5. The molecule has 3 aromatic rings. The summed E-state index contributed by atoms with van der Waals surface area (Å²) in [6.07, 6.45) is 4.41. The molecule has 1 atom stereocenters. The average Bonchev–Trinajstić information content (AvgIpc) is 3.16. The molecule has 1 amide bonds. The molecule has 1 N–H and O–H groups in total. The SMILES string of the molecule is CC(=O)N1CC[C@H](Nc2cc(-c3ccc(C)c(N(C)C)c3)c3nccnc3c2)C1. The number of carbonyl (C=O) groups excluding carboxylic acids is 1. The molecule has 0 unspecified atom stereocenters. The second-order valence-corrected chi connectivity index (χ2v) is 7.94. The number of hydrogen-bond donors (Lipinski definition) is 1. The van der Waals surface area contributed by atoms with Crippen LogP contribution in [0.4, 0.5) is 11.4 Å². The Morgan fingerprint density at radius 1 is 1.17 bits per heavy atom. The molecule has 0 aliphatic carbocycles. The Labute approximate surface area is 171 Å². The van der Waals surface area contributed by atoms with Crippen LogP contribution in [0.25, 0.3) is 22.2 Å². The van der Waals surface area contributed by atoms with Gasteiger partial charge in [-0.3, -0.25) is 14.8 Å². The van der Waals surface area contributed by atoms with Gasteiger partial charge in [0.1, 0.15) is 0 Å². The Bertz CT molecular complexity index is 1060. The van der Waals surface area contributed by atoms with Gasteiger partial charge in [-0.05, 0) is 42.7 Å². The van der Waals surface area contributed by atoms with E-state index in [1.54, 1.807) is 19.3 Å². The summed E-state index contributed by atoms with van der Waals surface area (Å²) >= 11 is 0. The largest absolute Gasteiger partial charge is 0.380 e. The van der Waals surface area contributed by atoms with Crippen LogP contribution in [0.3, 0.4) is 0 Å². The van der Waals surface area contributed by atoms with Crippen LogP contribution in [0.5, 0.6) is 0 Å². The molecular weight excluding hydrogens is 362 g/mol. The maximum atomic E-state index is 11.6. The van der Waals surface area contributed by atoms with E-state index in [0.29, 0.717) is 0 Å². The monoisotopic (exact) mass is 389 g/mol. The van der Waals surface area contributed by atoms with Crippen molar-refractivity contribution in [2.75, 3.05) is 37.4 Å². The lowest BCUT2D eigenvalue weighted by molar-refractivity contribution is -0.127. The Morgan fingerprint density at radius 3 is 2.69 bits per heavy atom. The molecule has 0 spiro atoms. The van der Waals surface area contributed by atoms with Crippen molar-refractivity contribution in [2.45, 2.75) is 26.3 Å². The Kier molecular flexibility index (Phi) is 5.09. The van der Waals surface area contributed by atoms with Gasteiger partial charge >= 0.3 is 0 Å². The van der Waals surface area contributed by atoms with Gasteiger partial charge in [-0.2, -0.15) is 0 Å². The predicted molar refractivity (Wildman–Crippen MR) is 118 cm³/mol. The second kappa shape index (κ2) is 7.70. The van der Waals surface area contributed by atoms with Crippen molar-refractivity contribution < 1.29 is 4.79 Å². The van der Waals surface area contributed by atoms with Crippen molar-refractivity contribution in [3.8, 4) is 11.1 Å². The van der Waals surface area contributed by atoms with Crippen molar-refractivity contribution >= 4 is 28.3 Å². The first kappa shape index (κ1) is 19.2. The molecule has 1 aromatic heterocycles. The van der Waals surface area contributed by atoms with Crippen molar-refractivity contribution in [3.63, 3.8) is 0 Å². The molecule has 1 aliphatic heterocycles. The van der Waals surface area contributed by atoms with Gasteiger partial charge in [-0.15, -0.1) is 0 Å². The van der Waals surface area contributed by atoms with Gasteiger partial charge in [0.15, 0.2) is 0 Å². The first-order valence-electron chi connectivity index (χ1n) is 9.97. The van der Waals surface area contributed by atoms with E-state index in [1.165, 1.54) is 11.3 Å². The third-order valence-corrected chi connectivity index (χ3v) is 5.58. The van der Waals surface area contributed by atoms with Crippen molar-refractivity contribution in [1.29, 1.82) is 0 Å². The number of likely N-dealkylation sites (tertiary alicyclic amines) is 1. The molecule has 2 aromatic carbocycles. The summed E-state index contributed by atoms with van der Waals surface area (Å²) in [4.78, 5) is 24.8. The summed E-state index contributed by atoms with van der Waals surface area (Å²) in [7, 11) is 4.12. The molecule has 4 rings (SSSR count). The van der Waals surface area contributed by atoms with E-state index in [0.717, 1.165) is 47.4 Å². The zero-order chi connectivity index (χ0) is 20.5. The fourth-order valence-electron chi connectivity index (χ4n) is 4.04. The zero-order valence-electron chi connectivity index (χ0n) is 17.4. The van der Waals surface area contributed by atoms with Gasteiger partial charge < -0.3 is 15.1 Å². The molecule has 2 heterocycles. The molecule has 6 nitrogen and oxygen atoms in total. The van der Waals surface area contributed by atoms with Crippen LogP contribution in [0.2, 0.25) is 0 Å². The highest BCUT2D eigenvalue weighted by atomic mass is 16.2. The fourth-order valence-corrected chi connectivity index (χ4v) is 4.04. The van der Waals surface area contributed by atoms with E-state index in [-0.39, 0.29) is 11.9 Å². The van der Waals surface area contributed by atoms with E-state index in [9.17, 15) is 4.79 Å². The van der Waals surface area contributed by atoms with Crippen LogP contribution in [-0.2, 0) is 4.79 Å². The van der Waals surface area contributed by atoms with Gasteiger partial charge in [-0.1, -0.05) is 12.1 Å². The maximum absolute atomic E-state index is 11.6. The van der Waals surface area contributed by atoms with Crippen LogP contribution in [-0.4, -0.2) is 54.0 Å². The molecule has 1 saturated heterocycles. The zero-order valence-corrected chi connectivity index (χ0v) is 17.4. The van der Waals surface area contributed by atoms with Gasteiger partial charge in [0.05, 0.1) is 11.0 Å². The third kappa shape index (κ3) is 3.88. The lowest BCUT2D eigenvalue weighted by Gasteiger charge is -2.19. The number of benzene rings is 2. The maximum Gasteiger partial charge on any atom is 0.219 e. The molecule has 1 aliphatic rings. The van der Waals surface area contributed by atoms with Crippen LogP contribution >= 0.6 is 0 Å². The first-order valence-corrected chi connectivity index (χ1v) is 9.97. The minimum Gasteiger partial charge on any atom is -0.380 e. The fraction of sp³-hybridized carbons (Fsp3) is 0.348. The number of nitrogens with one attached hydrogen (secondary N) is 1. The van der Waals surface area contributed by atoms with Crippen LogP contribution in [0.1, 0.15) is 18.9 Å². The van der Waals surface area contributed by atoms with Crippen LogP contribution < -0.4 is 10.2 Å².